The Bertz CT molecular complexity index is 1060. The van der Waals surface area contributed by atoms with Gasteiger partial charge < -0.3 is 19.7 Å². The molecule has 1 aromatic heterocycles. The first-order valence-electron chi connectivity index (χ1n) is 11.1. The molecule has 0 radical (unpaired) electrons. The van der Waals surface area contributed by atoms with Crippen LogP contribution < -0.4 is 9.80 Å². The molecule has 162 valence electrons. The maximum Gasteiger partial charge on any atom is 0.225 e. The van der Waals surface area contributed by atoms with E-state index in [2.05, 4.69) is 33.8 Å². The standard InChI is InChI=1S/C24H28FN5O/c1-17-2-7-21-22(16-17)27-24(26-21)30-10-8-18(9-11-30)23(31)29-14-12-28(13-15-29)20-5-3-19(25)4-6-20/h2-7,16,18H,8-15H2,1H3,(H,26,27). The highest BCUT2D eigenvalue weighted by atomic mass is 19.1. The van der Waals surface area contributed by atoms with Crippen LogP contribution in [0.1, 0.15) is 18.4 Å². The van der Waals surface area contributed by atoms with E-state index in [0.717, 1.165) is 74.8 Å². The van der Waals surface area contributed by atoms with Gasteiger partial charge in [-0.05, 0) is 61.7 Å². The van der Waals surface area contributed by atoms with E-state index in [4.69, 9.17) is 4.98 Å². The van der Waals surface area contributed by atoms with Crippen LogP contribution >= 0.6 is 0 Å². The van der Waals surface area contributed by atoms with Gasteiger partial charge in [0.25, 0.3) is 0 Å². The molecule has 3 heterocycles. The van der Waals surface area contributed by atoms with Gasteiger partial charge in [-0.1, -0.05) is 6.07 Å². The first-order valence-corrected chi connectivity index (χ1v) is 11.1. The highest BCUT2D eigenvalue weighted by Gasteiger charge is 2.31. The van der Waals surface area contributed by atoms with Crippen molar-refractivity contribution in [3.63, 3.8) is 0 Å². The molecule has 3 aromatic rings. The number of piperazine rings is 1. The predicted molar refractivity (Wildman–Crippen MR) is 121 cm³/mol. The summed E-state index contributed by atoms with van der Waals surface area (Å²) in [5.41, 5.74) is 4.28. The van der Waals surface area contributed by atoms with E-state index in [1.165, 1.54) is 17.7 Å². The smallest absolute Gasteiger partial charge is 0.225 e. The van der Waals surface area contributed by atoms with E-state index in [1.807, 2.05) is 23.1 Å². The van der Waals surface area contributed by atoms with Crippen LogP contribution in [0.4, 0.5) is 16.0 Å². The Morgan fingerprint density at radius 3 is 2.39 bits per heavy atom. The third-order valence-corrected chi connectivity index (χ3v) is 6.55. The van der Waals surface area contributed by atoms with Gasteiger partial charge in [0.1, 0.15) is 5.82 Å². The Morgan fingerprint density at radius 2 is 1.68 bits per heavy atom. The third-order valence-electron chi connectivity index (χ3n) is 6.55. The first kappa shape index (κ1) is 19.8. The topological polar surface area (TPSA) is 55.5 Å². The number of carbonyl (C=O) groups excluding carboxylic acids is 1. The van der Waals surface area contributed by atoms with Crippen molar-refractivity contribution in [3.05, 3.63) is 53.8 Å². The second kappa shape index (κ2) is 8.21. The van der Waals surface area contributed by atoms with Crippen molar-refractivity contribution in [2.45, 2.75) is 19.8 Å². The number of halogens is 1. The Kier molecular flexibility index (Phi) is 5.26. The van der Waals surface area contributed by atoms with Crippen LogP contribution in [0.25, 0.3) is 11.0 Å². The van der Waals surface area contributed by atoms with Crippen LogP contribution in [0.15, 0.2) is 42.5 Å². The summed E-state index contributed by atoms with van der Waals surface area (Å²) in [6.07, 6.45) is 1.71. The van der Waals surface area contributed by atoms with Crippen molar-refractivity contribution < 1.29 is 9.18 Å². The normalized spacial score (nSPS) is 18.1. The minimum Gasteiger partial charge on any atom is -0.368 e. The second-order valence-corrected chi connectivity index (χ2v) is 8.63. The summed E-state index contributed by atoms with van der Waals surface area (Å²) >= 11 is 0. The number of aryl methyl sites for hydroxylation is 1. The van der Waals surface area contributed by atoms with Gasteiger partial charge in [-0.2, -0.15) is 0 Å². The fourth-order valence-corrected chi connectivity index (χ4v) is 4.69. The summed E-state index contributed by atoms with van der Waals surface area (Å²) in [7, 11) is 0. The van der Waals surface area contributed by atoms with E-state index < -0.39 is 0 Å². The summed E-state index contributed by atoms with van der Waals surface area (Å²) in [4.78, 5) is 27.7. The number of hydrogen-bond acceptors (Lipinski definition) is 4. The number of rotatable bonds is 3. The van der Waals surface area contributed by atoms with Crippen molar-refractivity contribution in [2.24, 2.45) is 5.92 Å². The molecule has 2 aliphatic heterocycles. The van der Waals surface area contributed by atoms with Gasteiger partial charge in [0.15, 0.2) is 0 Å². The zero-order valence-corrected chi connectivity index (χ0v) is 17.9. The lowest BCUT2D eigenvalue weighted by Gasteiger charge is -2.39. The Morgan fingerprint density at radius 1 is 0.968 bits per heavy atom. The van der Waals surface area contributed by atoms with Crippen LogP contribution in [0.3, 0.4) is 0 Å². The fraction of sp³-hybridized carbons (Fsp3) is 0.417. The maximum atomic E-state index is 13.2. The molecule has 6 nitrogen and oxygen atoms in total. The number of benzene rings is 2. The van der Waals surface area contributed by atoms with E-state index in [0.29, 0.717) is 0 Å². The molecular weight excluding hydrogens is 393 g/mol. The molecular formula is C24H28FN5O. The fourth-order valence-electron chi connectivity index (χ4n) is 4.69. The molecule has 0 atom stereocenters. The number of hydrogen-bond donors (Lipinski definition) is 1. The number of nitrogens with one attached hydrogen (secondary N) is 1. The summed E-state index contributed by atoms with van der Waals surface area (Å²) in [5, 5.41) is 0. The number of amides is 1. The molecule has 2 aromatic carbocycles. The summed E-state index contributed by atoms with van der Waals surface area (Å²) in [6, 6.07) is 12.8. The summed E-state index contributed by atoms with van der Waals surface area (Å²) < 4.78 is 13.2. The average Bonchev–Trinajstić information content (AvgIpc) is 3.22. The van der Waals surface area contributed by atoms with E-state index in [1.54, 1.807) is 0 Å². The number of anilines is 2. The van der Waals surface area contributed by atoms with Crippen molar-refractivity contribution in [2.75, 3.05) is 49.1 Å². The van der Waals surface area contributed by atoms with Crippen molar-refractivity contribution in [1.82, 2.24) is 14.9 Å². The van der Waals surface area contributed by atoms with Crippen molar-refractivity contribution in [3.8, 4) is 0 Å². The molecule has 0 aliphatic carbocycles. The highest BCUT2D eigenvalue weighted by molar-refractivity contribution is 5.80. The molecule has 1 N–H and O–H groups in total. The molecule has 0 unspecified atom stereocenters. The van der Waals surface area contributed by atoms with Gasteiger partial charge in [0, 0.05) is 50.9 Å². The summed E-state index contributed by atoms with van der Waals surface area (Å²) in [5.74, 6) is 1.04. The highest BCUT2D eigenvalue weighted by Crippen LogP contribution is 2.26. The molecule has 0 saturated carbocycles. The molecule has 2 fully saturated rings. The lowest BCUT2D eigenvalue weighted by molar-refractivity contribution is -0.136. The second-order valence-electron chi connectivity index (χ2n) is 8.63. The number of imidazole rings is 1. The lowest BCUT2D eigenvalue weighted by atomic mass is 9.95. The zero-order valence-electron chi connectivity index (χ0n) is 17.9. The molecule has 7 heteroatoms. The Hall–Kier alpha value is -3.09. The molecule has 31 heavy (non-hydrogen) atoms. The van der Waals surface area contributed by atoms with Gasteiger partial charge in [0.05, 0.1) is 11.0 Å². The molecule has 1 amide bonds. The zero-order chi connectivity index (χ0) is 21.4. The summed E-state index contributed by atoms with van der Waals surface area (Å²) in [6.45, 7) is 6.77. The van der Waals surface area contributed by atoms with Crippen LogP contribution in [0.2, 0.25) is 0 Å². The number of piperidine rings is 1. The van der Waals surface area contributed by atoms with Crippen LogP contribution in [0.5, 0.6) is 0 Å². The SMILES string of the molecule is Cc1ccc2nc(N3CCC(C(=O)N4CCN(c5ccc(F)cc5)CC4)CC3)[nH]c2c1. The minimum absolute atomic E-state index is 0.0836. The van der Waals surface area contributed by atoms with Crippen molar-refractivity contribution >= 4 is 28.6 Å². The van der Waals surface area contributed by atoms with E-state index >= 15 is 0 Å². The number of H-pyrrole nitrogens is 1. The quantitative estimate of drug-likeness (QED) is 0.703. The van der Waals surface area contributed by atoms with Gasteiger partial charge in [0.2, 0.25) is 11.9 Å². The predicted octanol–water partition coefficient (Wildman–Crippen LogP) is 3.58. The average molecular weight is 422 g/mol. The molecule has 5 rings (SSSR count). The monoisotopic (exact) mass is 421 g/mol. The molecule has 0 spiro atoms. The number of carbonyl (C=O) groups is 1. The molecule has 2 aliphatic rings. The Balaban J connectivity index is 1.15. The van der Waals surface area contributed by atoms with Crippen LogP contribution in [-0.2, 0) is 4.79 Å². The first-order chi connectivity index (χ1) is 15.1. The van der Waals surface area contributed by atoms with Gasteiger partial charge in [-0.3, -0.25) is 4.79 Å². The minimum atomic E-state index is -0.221. The maximum absolute atomic E-state index is 13.2. The van der Waals surface area contributed by atoms with E-state index in [-0.39, 0.29) is 17.6 Å². The lowest BCUT2D eigenvalue weighted by Crippen LogP contribution is -2.51. The van der Waals surface area contributed by atoms with Gasteiger partial charge in [-0.15, -0.1) is 0 Å². The number of aromatic amines is 1. The van der Waals surface area contributed by atoms with Gasteiger partial charge >= 0.3 is 0 Å². The molecule has 2 saturated heterocycles. The number of aromatic nitrogens is 2. The number of fused-ring (bicyclic) bond motifs is 1. The van der Waals surface area contributed by atoms with Crippen LogP contribution in [-0.4, -0.2) is 60.0 Å². The van der Waals surface area contributed by atoms with Gasteiger partial charge in [-0.25, -0.2) is 9.37 Å². The van der Waals surface area contributed by atoms with Crippen molar-refractivity contribution in [1.29, 1.82) is 0 Å². The Labute approximate surface area is 181 Å². The van der Waals surface area contributed by atoms with E-state index in [9.17, 15) is 9.18 Å². The molecule has 0 bridgehead atoms. The largest absolute Gasteiger partial charge is 0.368 e. The number of nitrogens with zero attached hydrogens (tertiary/aromatic N) is 4. The van der Waals surface area contributed by atoms with Crippen LogP contribution in [0, 0.1) is 18.7 Å². The third kappa shape index (κ3) is 4.09.